The van der Waals surface area contributed by atoms with Crippen molar-refractivity contribution in [3.05, 3.63) is 41.7 Å². The van der Waals surface area contributed by atoms with E-state index >= 15 is 0 Å². The molecular formula is C16H15N3O3. The fourth-order valence-electron chi connectivity index (χ4n) is 2.61. The SMILES string of the molecule is N#Cc1cc(-n2cc(C(=O)O)cn2)ccc1OC1CCCC1. The van der Waals surface area contributed by atoms with Crippen LogP contribution in [-0.2, 0) is 0 Å². The third kappa shape index (κ3) is 2.79. The number of aromatic nitrogens is 2. The quantitative estimate of drug-likeness (QED) is 0.937. The molecule has 0 atom stereocenters. The number of hydrogen-bond acceptors (Lipinski definition) is 4. The van der Waals surface area contributed by atoms with Gasteiger partial charge in [0.1, 0.15) is 11.8 Å². The molecule has 1 aromatic carbocycles. The summed E-state index contributed by atoms with van der Waals surface area (Å²) in [5, 5.41) is 22.2. The van der Waals surface area contributed by atoms with Crippen LogP contribution in [0.5, 0.6) is 5.75 Å². The Balaban J connectivity index is 1.87. The number of hydrogen-bond donors (Lipinski definition) is 1. The Morgan fingerprint density at radius 2 is 2.18 bits per heavy atom. The first-order valence-electron chi connectivity index (χ1n) is 7.16. The molecule has 3 rings (SSSR count). The highest BCUT2D eigenvalue weighted by Gasteiger charge is 2.18. The van der Waals surface area contributed by atoms with E-state index in [1.54, 1.807) is 18.2 Å². The number of carboxylic acid groups (broad SMARTS) is 1. The molecule has 0 amide bonds. The van der Waals surface area contributed by atoms with Gasteiger partial charge in [0.2, 0.25) is 0 Å². The predicted octanol–water partition coefficient (Wildman–Crippen LogP) is 2.76. The standard InChI is InChI=1S/C16H15N3O3/c17-8-11-7-13(19-10-12(9-18-19)16(20)21)5-6-15(11)22-14-3-1-2-4-14/h5-7,9-10,14H,1-4H2,(H,20,21). The molecular weight excluding hydrogens is 282 g/mol. The third-order valence-electron chi connectivity index (χ3n) is 3.77. The largest absolute Gasteiger partial charge is 0.489 e. The van der Waals surface area contributed by atoms with Gasteiger partial charge in [-0.2, -0.15) is 10.4 Å². The summed E-state index contributed by atoms with van der Waals surface area (Å²) in [6.45, 7) is 0. The van der Waals surface area contributed by atoms with E-state index in [9.17, 15) is 10.1 Å². The van der Waals surface area contributed by atoms with E-state index in [-0.39, 0.29) is 11.7 Å². The summed E-state index contributed by atoms with van der Waals surface area (Å²) >= 11 is 0. The number of carboxylic acids is 1. The van der Waals surface area contributed by atoms with Crippen molar-refractivity contribution in [2.24, 2.45) is 0 Å². The third-order valence-corrected chi connectivity index (χ3v) is 3.77. The maximum atomic E-state index is 10.9. The van der Waals surface area contributed by atoms with Crippen molar-refractivity contribution in [1.82, 2.24) is 9.78 Å². The molecule has 0 radical (unpaired) electrons. The van der Waals surface area contributed by atoms with Crippen LogP contribution in [0.3, 0.4) is 0 Å². The number of nitriles is 1. The van der Waals surface area contributed by atoms with Crippen LogP contribution in [0.4, 0.5) is 0 Å². The molecule has 0 spiro atoms. The van der Waals surface area contributed by atoms with Gasteiger partial charge in [0, 0.05) is 6.20 Å². The van der Waals surface area contributed by atoms with Gasteiger partial charge in [0.05, 0.1) is 29.1 Å². The lowest BCUT2D eigenvalue weighted by molar-refractivity contribution is 0.0697. The summed E-state index contributed by atoms with van der Waals surface area (Å²) in [7, 11) is 0. The van der Waals surface area contributed by atoms with Gasteiger partial charge < -0.3 is 9.84 Å². The van der Waals surface area contributed by atoms with Gasteiger partial charge in [0.25, 0.3) is 0 Å². The fourth-order valence-corrected chi connectivity index (χ4v) is 2.61. The minimum absolute atomic E-state index is 0.102. The van der Waals surface area contributed by atoms with Crippen LogP contribution in [0.25, 0.3) is 5.69 Å². The zero-order valence-electron chi connectivity index (χ0n) is 11.9. The monoisotopic (exact) mass is 297 g/mol. The first-order valence-corrected chi connectivity index (χ1v) is 7.16. The smallest absolute Gasteiger partial charge is 0.338 e. The minimum atomic E-state index is -1.03. The van der Waals surface area contributed by atoms with E-state index in [1.807, 2.05) is 0 Å². The van der Waals surface area contributed by atoms with Crippen molar-refractivity contribution in [2.75, 3.05) is 0 Å². The maximum absolute atomic E-state index is 10.9. The van der Waals surface area contributed by atoms with E-state index in [0.29, 0.717) is 17.0 Å². The summed E-state index contributed by atoms with van der Waals surface area (Å²) in [6.07, 6.45) is 7.24. The molecule has 2 aromatic rings. The number of aromatic carboxylic acids is 1. The van der Waals surface area contributed by atoms with Gasteiger partial charge in [-0.05, 0) is 43.9 Å². The van der Waals surface area contributed by atoms with Crippen molar-refractivity contribution in [3.8, 4) is 17.5 Å². The Morgan fingerprint density at radius 1 is 1.41 bits per heavy atom. The molecule has 0 unspecified atom stereocenters. The van der Waals surface area contributed by atoms with Crippen molar-refractivity contribution >= 4 is 5.97 Å². The normalized spacial score (nSPS) is 14.7. The van der Waals surface area contributed by atoms with Gasteiger partial charge in [-0.25, -0.2) is 9.48 Å². The van der Waals surface area contributed by atoms with E-state index < -0.39 is 5.97 Å². The van der Waals surface area contributed by atoms with Crippen LogP contribution < -0.4 is 4.74 Å². The molecule has 6 nitrogen and oxygen atoms in total. The van der Waals surface area contributed by atoms with Crippen LogP contribution in [0, 0.1) is 11.3 Å². The Kier molecular flexibility index (Phi) is 3.79. The first kappa shape index (κ1) is 14.1. The topological polar surface area (TPSA) is 88.1 Å². The molecule has 1 heterocycles. The second kappa shape index (κ2) is 5.90. The molecule has 0 bridgehead atoms. The van der Waals surface area contributed by atoms with Crippen molar-refractivity contribution in [3.63, 3.8) is 0 Å². The Hall–Kier alpha value is -2.81. The van der Waals surface area contributed by atoms with Gasteiger partial charge in [-0.3, -0.25) is 0 Å². The van der Waals surface area contributed by atoms with E-state index in [2.05, 4.69) is 11.2 Å². The average Bonchev–Trinajstić information content (AvgIpc) is 3.18. The lowest BCUT2D eigenvalue weighted by Crippen LogP contribution is -2.12. The summed E-state index contributed by atoms with van der Waals surface area (Å²) in [5.41, 5.74) is 1.16. The number of carbonyl (C=O) groups is 1. The van der Waals surface area contributed by atoms with E-state index in [0.717, 1.165) is 25.7 Å². The highest BCUT2D eigenvalue weighted by Crippen LogP contribution is 2.27. The zero-order chi connectivity index (χ0) is 15.5. The second-order valence-corrected chi connectivity index (χ2v) is 5.30. The molecule has 112 valence electrons. The van der Waals surface area contributed by atoms with Gasteiger partial charge >= 0.3 is 5.97 Å². The second-order valence-electron chi connectivity index (χ2n) is 5.30. The summed E-state index contributed by atoms with van der Waals surface area (Å²) < 4.78 is 7.32. The number of benzene rings is 1. The van der Waals surface area contributed by atoms with Crippen LogP contribution >= 0.6 is 0 Å². The molecule has 1 fully saturated rings. The molecule has 1 N–H and O–H groups in total. The fraction of sp³-hybridized carbons (Fsp3) is 0.312. The van der Waals surface area contributed by atoms with Gasteiger partial charge in [-0.1, -0.05) is 0 Å². The Labute approximate surface area is 127 Å². The molecule has 1 saturated carbocycles. The molecule has 0 saturated heterocycles. The van der Waals surface area contributed by atoms with Crippen molar-refractivity contribution in [2.45, 2.75) is 31.8 Å². The Bertz CT molecular complexity index is 739. The van der Waals surface area contributed by atoms with Crippen LogP contribution in [-0.4, -0.2) is 27.0 Å². The van der Waals surface area contributed by atoms with Crippen LogP contribution in [0.15, 0.2) is 30.6 Å². The van der Waals surface area contributed by atoms with Gasteiger partial charge in [-0.15, -0.1) is 0 Å². The van der Waals surface area contributed by atoms with Crippen molar-refractivity contribution in [1.29, 1.82) is 5.26 Å². The van der Waals surface area contributed by atoms with Crippen LogP contribution in [0.1, 0.15) is 41.6 Å². The summed E-state index contributed by atoms with van der Waals surface area (Å²) in [5.74, 6) is -0.461. The highest BCUT2D eigenvalue weighted by molar-refractivity contribution is 5.87. The number of rotatable bonds is 4. The van der Waals surface area contributed by atoms with Crippen LogP contribution in [0.2, 0.25) is 0 Å². The van der Waals surface area contributed by atoms with E-state index in [1.165, 1.54) is 17.1 Å². The highest BCUT2D eigenvalue weighted by atomic mass is 16.5. The molecule has 1 aliphatic rings. The number of ether oxygens (including phenoxy) is 1. The zero-order valence-corrected chi connectivity index (χ0v) is 11.9. The van der Waals surface area contributed by atoms with Crippen molar-refractivity contribution < 1.29 is 14.6 Å². The summed E-state index contributed by atoms with van der Waals surface area (Å²) in [4.78, 5) is 10.9. The minimum Gasteiger partial charge on any atom is -0.489 e. The van der Waals surface area contributed by atoms with Gasteiger partial charge in [0.15, 0.2) is 0 Å². The lowest BCUT2D eigenvalue weighted by Gasteiger charge is -2.14. The lowest BCUT2D eigenvalue weighted by atomic mass is 10.2. The Morgan fingerprint density at radius 3 is 2.82 bits per heavy atom. The molecule has 6 heteroatoms. The van der Waals surface area contributed by atoms with E-state index in [4.69, 9.17) is 9.84 Å². The first-order chi connectivity index (χ1) is 10.7. The maximum Gasteiger partial charge on any atom is 0.338 e. The average molecular weight is 297 g/mol. The molecule has 1 aromatic heterocycles. The molecule has 0 aliphatic heterocycles. The molecule has 22 heavy (non-hydrogen) atoms. The number of nitrogens with zero attached hydrogens (tertiary/aromatic N) is 3. The predicted molar refractivity (Wildman–Crippen MR) is 78.1 cm³/mol. The summed E-state index contributed by atoms with van der Waals surface area (Å²) in [6, 6.07) is 7.29. The molecule has 1 aliphatic carbocycles.